The Balaban J connectivity index is 2.43. The highest BCUT2D eigenvalue weighted by atomic mass is 32.2. The molecule has 0 fully saturated rings. The Kier molecular flexibility index (Phi) is 2.64. The first kappa shape index (κ1) is 9.41. The number of hydrogen-bond donors (Lipinski definition) is 1. The molecule has 0 saturated carbocycles. The molecule has 1 rings (SSSR count). The van der Waals surface area contributed by atoms with Crippen LogP contribution in [0.25, 0.3) is 0 Å². The SMILES string of the molecule is CC(C)(C)OC(=O)N1C=CSN1. The maximum atomic E-state index is 11.2. The minimum atomic E-state index is -0.445. The van der Waals surface area contributed by atoms with E-state index in [1.807, 2.05) is 20.8 Å². The number of amides is 1. The van der Waals surface area contributed by atoms with Crippen LogP contribution in [0.4, 0.5) is 4.79 Å². The predicted molar refractivity (Wildman–Crippen MR) is 47.9 cm³/mol. The third-order valence-corrected chi connectivity index (χ3v) is 1.58. The van der Waals surface area contributed by atoms with Crippen LogP contribution in [0.5, 0.6) is 0 Å². The predicted octanol–water partition coefficient (Wildman–Crippen LogP) is 1.86. The first-order valence-electron chi connectivity index (χ1n) is 3.59. The Morgan fingerprint density at radius 2 is 2.25 bits per heavy atom. The smallest absolute Gasteiger partial charge is 0.429 e. The summed E-state index contributed by atoms with van der Waals surface area (Å²) in [5.41, 5.74) is -0.445. The Hall–Kier alpha value is -0.680. The number of nitrogens with one attached hydrogen (secondary N) is 1. The largest absolute Gasteiger partial charge is 0.442 e. The van der Waals surface area contributed by atoms with E-state index in [1.165, 1.54) is 17.0 Å². The van der Waals surface area contributed by atoms with Gasteiger partial charge in [-0.2, -0.15) is 4.83 Å². The summed E-state index contributed by atoms with van der Waals surface area (Å²) in [6.07, 6.45) is 1.24. The summed E-state index contributed by atoms with van der Waals surface area (Å²) in [7, 11) is 0. The Morgan fingerprint density at radius 1 is 1.58 bits per heavy atom. The number of nitrogens with zero attached hydrogens (tertiary/aromatic N) is 1. The Morgan fingerprint density at radius 3 is 2.67 bits per heavy atom. The van der Waals surface area contributed by atoms with E-state index in [0.29, 0.717) is 0 Å². The van der Waals surface area contributed by atoms with E-state index < -0.39 is 5.60 Å². The van der Waals surface area contributed by atoms with Crippen LogP contribution in [0, 0.1) is 0 Å². The molecule has 0 aromatic heterocycles. The van der Waals surface area contributed by atoms with Crippen LogP contribution in [0.2, 0.25) is 0 Å². The second-order valence-electron chi connectivity index (χ2n) is 3.34. The lowest BCUT2D eigenvalue weighted by Crippen LogP contribution is -2.36. The highest BCUT2D eigenvalue weighted by Crippen LogP contribution is 2.13. The summed E-state index contributed by atoms with van der Waals surface area (Å²) in [6, 6.07) is 0. The van der Waals surface area contributed by atoms with Crippen molar-refractivity contribution in [3.8, 4) is 0 Å². The summed E-state index contributed by atoms with van der Waals surface area (Å²) in [6.45, 7) is 5.49. The van der Waals surface area contributed by atoms with Gasteiger partial charge in [-0.25, -0.2) is 9.80 Å². The standard InChI is InChI=1S/C7H12N2O2S/c1-7(2,3)11-6(10)9-4-5-12-8-9/h4-5,8H,1-3H3. The molecular weight excluding hydrogens is 176 g/mol. The third-order valence-electron chi connectivity index (χ3n) is 1.02. The molecule has 0 atom stereocenters. The zero-order valence-corrected chi connectivity index (χ0v) is 8.14. The van der Waals surface area contributed by atoms with Crippen molar-refractivity contribution in [1.29, 1.82) is 0 Å². The molecule has 12 heavy (non-hydrogen) atoms. The lowest BCUT2D eigenvalue weighted by molar-refractivity contribution is 0.0312. The molecule has 68 valence electrons. The summed E-state index contributed by atoms with van der Waals surface area (Å²) in [5, 5.41) is 3.07. The van der Waals surface area contributed by atoms with Crippen molar-refractivity contribution in [3.05, 3.63) is 11.6 Å². The van der Waals surface area contributed by atoms with E-state index in [1.54, 1.807) is 11.6 Å². The molecule has 1 aliphatic heterocycles. The van der Waals surface area contributed by atoms with Crippen LogP contribution in [0.3, 0.4) is 0 Å². The normalized spacial score (nSPS) is 16.8. The van der Waals surface area contributed by atoms with Gasteiger partial charge in [0, 0.05) is 11.6 Å². The fourth-order valence-electron chi connectivity index (χ4n) is 0.618. The number of ether oxygens (including phenoxy) is 1. The molecule has 1 N–H and O–H groups in total. The average Bonchev–Trinajstić information content (AvgIpc) is 2.32. The summed E-state index contributed by atoms with van der Waals surface area (Å²) in [4.78, 5) is 14.0. The minimum absolute atomic E-state index is 0.385. The number of hydrazine groups is 1. The molecule has 0 spiro atoms. The van der Waals surface area contributed by atoms with Gasteiger partial charge in [-0.1, -0.05) is 0 Å². The quantitative estimate of drug-likeness (QED) is 0.589. The summed E-state index contributed by atoms with van der Waals surface area (Å²) >= 11 is 1.33. The number of rotatable bonds is 0. The molecule has 0 saturated heterocycles. The molecule has 0 unspecified atom stereocenters. The third kappa shape index (κ3) is 2.75. The van der Waals surface area contributed by atoms with Gasteiger partial charge in [0.05, 0.1) is 0 Å². The second-order valence-corrected chi connectivity index (χ2v) is 4.04. The molecular formula is C7H12N2O2S. The monoisotopic (exact) mass is 188 g/mol. The van der Waals surface area contributed by atoms with Crippen LogP contribution in [-0.2, 0) is 4.74 Å². The van der Waals surface area contributed by atoms with Crippen LogP contribution in [0.1, 0.15) is 20.8 Å². The number of hydrogen-bond acceptors (Lipinski definition) is 4. The van der Waals surface area contributed by atoms with Crippen LogP contribution < -0.4 is 4.83 Å². The maximum absolute atomic E-state index is 11.2. The number of carbonyl (C=O) groups excluding carboxylic acids is 1. The van der Waals surface area contributed by atoms with Crippen molar-refractivity contribution in [2.75, 3.05) is 0 Å². The van der Waals surface area contributed by atoms with Gasteiger partial charge < -0.3 is 4.74 Å². The van der Waals surface area contributed by atoms with Crippen molar-refractivity contribution in [1.82, 2.24) is 9.84 Å². The summed E-state index contributed by atoms with van der Waals surface area (Å²) < 4.78 is 5.08. The topological polar surface area (TPSA) is 41.6 Å². The van der Waals surface area contributed by atoms with E-state index in [9.17, 15) is 4.79 Å². The van der Waals surface area contributed by atoms with E-state index in [0.717, 1.165) is 0 Å². The molecule has 1 aliphatic rings. The van der Waals surface area contributed by atoms with Gasteiger partial charge in [-0.3, -0.25) is 0 Å². The van der Waals surface area contributed by atoms with Crippen molar-refractivity contribution in [2.24, 2.45) is 0 Å². The van der Waals surface area contributed by atoms with Gasteiger partial charge in [0.1, 0.15) is 5.60 Å². The fraction of sp³-hybridized carbons (Fsp3) is 0.571. The Bertz CT molecular complexity index is 210. The minimum Gasteiger partial charge on any atom is -0.442 e. The molecule has 0 radical (unpaired) electrons. The highest BCUT2D eigenvalue weighted by Gasteiger charge is 2.21. The van der Waals surface area contributed by atoms with Crippen molar-refractivity contribution in [2.45, 2.75) is 26.4 Å². The van der Waals surface area contributed by atoms with E-state index >= 15 is 0 Å². The second kappa shape index (κ2) is 3.37. The van der Waals surface area contributed by atoms with E-state index in [-0.39, 0.29) is 6.09 Å². The van der Waals surface area contributed by atoms with Crippen molar-refractivity contribution < 1.29 is 9.53 Å². The van der Waals surface area contributed by atoms with Crippen LogP contribution in [-0.4, -0.2) is 16.7 Å². The molecule has 0 aliphatic carbocycles. The van der Waals surface area contributed by atoms with Gasteiger partial charge in [-0.15, -0.1) is 0 Å². The van der Waals surface area contributed by atoms with E-state index in [2.05, 4.69) is 4.83 Å². The summed E-state index contributed by atoms with van der Waals surface area (Å²) in [5.74, 6) is 0. The lowest BCUT2D eigenvalue weighted by atomic mass is 10.2. The average molecular weight is 188 g/mol. The van der Waals surface area contributed by atoms with Crippen LogP contribution >= 0.6 is 11.9 Å². The van der Waals surface area contributed by atoms with Crippen molar-refractivity contribution >= 4 is 18.0 Å². The first-order valence-corrected chi connectivity index (χ1v) is 4.47. The van der Waals surface area contributed by atoms with Gasteiger partial charge in [0.2, 0.25) is 0 Å². The van der Waals surface area contributed by atoms with Gasteiger partial charge in [0.15, 0.2) is 0 Å². The van der Waals surface area contributed by atoms with E-state index in [4.69, 9.17) is 4.74 Å². The highest BCUT2D eigenvalue weighted by molar-refractivity contribution is 8.00. The molecule has 4 nitrogen and oxygen atoms in total. The zero-order valence-electron chi connectivity index (χ0n) is 7.33. The Labute approximate surface area is 76.0 Å². The molecule has 1 heterocycles. The zero-order chi connectivity index (χ0) is 9.19. The number of carbonyl (C=O) groups is 1. The van der Waals surface area contributed by atoms with Crippen LogP contribution in [0.15, 0.2) is 11.6 Å². The fourth-order valence-corrected chi connectivity index (χ4v) is 1.11. The van der Waals surface area contributed by atoms with Crippen molar-refractivity contribution in [3.63, 3.8) is 0 Å². The molecule has 5 heteroatoms. The van der Waals surface area contributed by atoms with Gasteiger partial charge >= 0.3 is 6.09 Å². The molecule has 0 bridgehead atoms. The van der Waals surface area contributed by atoms with Gasteiger partial charge in [0.25, 0.3) is 0 Å². The maximum Gasteiger partial charge on any atom is 0.429 e. The molecule has 1 amide bonds. The molecule has 0 aromatic rings. The van der Waals surface area contributed by atoms with Gasteiger partial charge in [-0.05, 0) is 32.7 Å². The molecule has 0 aromatic carbocycles. The lowest BCUT2D eigenvalue weighted by Gasteiger charge is -2.22. The first-order chi connectivity index (χ1) is 5.49.